The molecule has 1 amide bonds. The van der Waals surface area contributed by atoms with E-state index in [-0.39, 0.29) is 12.4 Å². The minimum atomic E-state index is -0.535. The molecule has 1 heterocycles. The Kier molecular flexibility index (Phi) is 5.52. The average molecular weight is 360 g/mol. The first-order chi connectivity index (χ1) is 12.7. The highest BCUT2D eigenvalue weighted by Gasteiger charge is 2.18. The molecule has 3 rings (SSSR count). The first-order valence-corrected chi connectivity index (χ1v) is 7.84. The summed E-state index contributed by atoms with van der Waals surface area (Å²) in [6.07, 6.45) is 1.43. The van der Waals surface area contributed by atoms with Crippen LogP contribution in [0, 0.1) is 5.82 Å². The molecule has 0 aliphatic carbocycles. The number of benzene rings is 2. The summed E-state index contributed by atoms with van der Waals surface area (Å²) in [6, 6.07) is 9.27. The predicted octanol–water partition coefficient (Wildman–Crippen LogP) is 2.13. The van der Waals surface area contributed by atoms with Gasteiger partial charge in [0.05, 0.1) is 13.3 Å². The Labute approximate surface area is 149 Å². The number of hydrazone groups is 1. The van der Waals surface area contributed by atoms with E-state index in [0.717, 1.165) is 0 Å². The Morgan fingerprint density at radius 2 is 2.08 bits per heavy atom. The van der Waals surface area contributed by atoms with Gasteiger partial charge in [-0.2, -0.15) is 5.10 Å². The summed E-state index contributed by atoms with van der Waals surface area (Å²) in [4.78, 5) is 11.7. The van der Waals surface area contributed by atoms with Crippen LogP contribution in [0.5, 0.6) is 23.0 Å². The molecule has 0 spiro atoms. The Morgan fingerprint density at radius 3 is 2.88 bits per heavy atom. The van der Waals surface area contributed by atoms with E-state index in [2.05, 4.69) is 10.5 Å². The second-order valence-corrected chi connectivity index (χ2v) is 5.26. The number of hydrogen-bond donors (Lipinski definition) is 1. The zero-order valence-electron chi connectivity index (χ0n) is 14.0. The van der Waals surface area contributed by atoms with Crippen LogP contribution in [-0.2, 0) is 4.79 Å². The molecule has 0 aromatic heterocycles. The van der Waals surface area contributed by atoms with Gasteiger partial charge in [0, 0.05) is 5.56 Å². The third kappa shape index (κ3) is 4.21. The van der Waals surface area contributed by atoms with Gasteiger partial charge in [-0.3, -0.25) is 4.79 Å². The van der Waals surface area contributed by atoms with Crippen molar-refractivity contribution in [1.29, 1.82) is 0 Å². The number of nitrogens with zero attached hydrogens (tertiary/aromatic N) is 1. The monoisotopic (exact) mass is 360 g/mol. The number of ether oxygens (including phenoxy) is 4. The van der Waals surface area contributed by atoms with Crippen LogP contribution in [0.2, 0.25) is 0 Å². The Balaban J connectivity index is 1.58. The van der Waals surface area contributed by atoms with Crippen molar-refractivity contribution in [2.24, 2.45) is 5.10 Å². The highest BCUT2D eigenvalue weighted by molar-refractivity contribution is 5.84. The lowest BCUT2D eigenvalue weighted by molar-refractivity contribution is -0.123. The van der Waals surface area contributed by atoms with Crippen LogP contribution < -0.4 is 24.4 Å². The summed E-state index contributed by atoms with van der Waals surface area (Å²) >= 11 is 0. The third-order valence-electron chi connectivity index (χ3n) is 3.45. The number of carbonyl (C=O) groups is 1. The summed E-state index contributed by atoms with van der Waals surface area (Å²) in [5.41, 5.74) is 2.96. The van der Waals surface area contributed by atoms with Crippen molar-refractivity contribution in [2.75, 3.05) is 26.9 Å². The number of amides is 1. The standard InChI is InChI=1S/C18H17FN2O5/c1-23-15-8-12(9-16-18(15)25-7-6-24-16)10-20-21-17(22)11-26-14-5-3-2-4-13(14)19/h2-5,8-10H,6-7,11H2,1H3,(H,21,22)/b20-10-. The van der Waals surface area contributed by atoms with Crippen molar-refractivity contribution in [3.05, 3.63) is 47.8 Å². The van der Waals surface area contributed by atoms with Crippen LogP contribution in [0.15, 0.2) is 41.5 Å². The zero-order chi connectivity index (χ0) is 18.4. The number of halogens is 1. The van der Waals surface area contributed by atoms with Crippen molar-refractivity contribution >= 4 is 12.1 Å². The number of methoxy groups -OCH3 is 1. The molecule has 1 aliphatic rings. The molecule has 0 bridgehead atoms. The first kappa shape index (κ1) is 17.5. The lowest BCUT2D eigenvalue weighted by Crippen LogP contribution is -2.24. The summed E-state index contributed by atoms with van der Waals surface area (Å²) in [6.45, 7) is 0.540. The summed E-state index contributed by atoms with van der Waals surface area (Å²) in [5, 5.41) is 3.85. The highest BCUT2D eigenvalue weighted by Crippen LogP contribution is 2.39. The summed E-state index contributed by atoms with van der Waals surface area (Å²) < 4.78 is 34.8. The molecule has 136 valence electrons. The van der Waals surface area contributed by atoms with Gasteiger partial charge < -0.3 is 18.9 Å². The maximum absolute atomic E-state index is 13.4. The van der Waals surface area contributed by atoms with E-state index in [9.17, 15) is 9.18 Å². The molecule has 0 saturated heterocycles. The Hall–Kier alpha value is -3.29. The molecule has 0 saturated carbocycles. The van der Waals surface area contributed by atoms with E-state index in [1.165, 1.54) is 31.5 Å². The molecule has 7 nitrogen and oxygen atoms in total. The SMILES string of the molecule is COc1cc(/C=N\NC(=O)COc2ccccc2F)cc2c1OCCO2. The third-order valence-corrected chi connectivity index (χ3v) is 3.45. The van der Waals surface area contributed by atoms with Crippen LogP contribution in [0.4, 0.5) is 4.39 Å². The minimum absolute atomic E-state index is 0.00296. The number of carbonyl (C=O) groups excluding carboxylic acids is 1. The molecule has 0 atom stereocenters. The van der Waals surface area contributed by atoms with Gasteiger partial charge in [0.1, 0.15) is 13.2 Å². The van der Waals surface area contributed by atoms with Gasteiger partial charge in [-0.1, -0.05) is 12.1 Å². The minimum Gasteiger partial charge on any atom is -0.493 e. The second kappa shape index (κ2) is 8.19. The van der Waals surface area contributed by atoms with Gasteiger partial charge in [0.25, 0.3) is 5.91 Å². The Bertz CT molecular complexity index is 808. The van der Waals surface area contributed by atoms with Crippen LogP contribution in [-0.4, -0.2) is 39.1 Å². The topological polar surface area (TPSA) is 78.4 Å². The fraction of sp³-hybridized carbons (Fsp3) is 0.222. The molecule has 0 fully saturated rings. The second-order valence-electron chi connectivity index (χ2n) is 5.26. The number of para-hydroxylation sites is 1. The average Bonchev–Trinajstić information content (AvgIpc) is 2.66. The van der Waals surface area contributed by atoms with Crippen molar-refractivity contribution in [2.45, 2.75) is 0 Å². The molecule has 0 radical (unpaired) electrons. The fourth-order valence-corrected chi connectivity index (χ4v) is 2.28. The number of hydrogen-bond acceptors (Lipinski definition) is 6. The maximum Gasteiger partial charge on any atom is 0.277 e. The highest BCUT2D eigenvalue weighted by atomic mass is 19.1. The van der Waals surface area contributed by atoms with Crippen LogP contribution >= 0.6 is 0 Å². The molecule has 0 unspecified atom stereocenters. The molecule has 2 aromatic carbocycles. The smallest absolute Gasteiger partial charge is 0.277 e. The Morgan fingerprint density at radius 1 is 1.27 bits per heavy atom. The summed E-state index contributed by atoms with van der Waals surface area (Å²) in [5.74, 6) is 0.548. The normalized spacial score (nSPS) is 12.7. The van der Waals surface area contributed by atoms with Gasteiger partial charge in [-0.25, -0.2) is 9.82 Å². The van der Waals surface area contributed by atoms with Crippen LogP contribution in [0.3, 0.4) is 0 Å². The van der Waals surface area contributed by atoms with Crippen molar-refractivity contribution < 1.29 is 28.1 Å². The molecular weight excluding hydrogens is 343 g/mol. The fourth-order valence-electron chi connectivity index (χ4n) is 2.28. The van der Waals surface area contributed by atoms with E-state index in [0.29, 0.717) is 36.0 Å². The maximum atomic E-state index is 13.4. The van der Waals surface area contributed by atoms with Crippen LogP contribution in [0.25, 0.3) is 0 Å². The van der Waals surface area contributed by atoms with Crippen molar-refractivity contribution in [3.63, 3.8) is 0 Å². The number of fused-ring (bicyclic) bond motifs is 1. The molecule has 1 aliphatic heterocycles. The number of rotatable bonds is 6. The largest absolute Gasteiger partial charge is 0.493 e. The lowest BCUT2D eigenvalue weighted by Gasteiger charge is -2.20. The van der Waals surface area contributed by atoms with Crippen molar-refractivity contribution in [1.82, 2.24) is 5.43 Å². The quantitative estimate of drug-likeness (QED) is 0.631. The van der Waals surface area contributed by atoms with Crippen molar-refractivity contribution in [3.8, 4) is 23.0 Å². The van der Waals surface area contributed by atoms with Crippen LogP contribution in [0.1, 0.15) is 5.56 Å². The zero-order valence-corrected chi connectivity index (χ0v) is 14.0. The first-order valence-electron chi connectivity index (χ1n) is 7.84. The van der Waals surface area contributed by atoms with Gasteiger partial charge >= 0.3 is 0 Å². The lowest BCUT2D eigenvalue weighted by atomic mass is 10.2. The van der Waals surface area contributed by atoms with Gasteiger partial charge in [0.15, 0.2) is 29.7 Å². The van der Waals surface area contributed by atoms with Gasteiger partial charge in [0.2, 0.25) is 5.75 Å². The molecular formula is C18H17FN2O5. The predicted molar refractivity (Wildman–Crippen MR) is 91.6 cm³/mol. The molecule has 8 heteroatoms. The molecule has 1 N–H and O–H groups in total. The molecule has 2 aromatic rings. The van der Waals surface area contributed by atoms with Gasteiger partial charge in [-0.05, 0) is 24.3 Å². The van der Waals surface area contributed by atoms with E-state index in [1.807, 2.05) is 0 Å². The van der Waals surface area contributed by atoms with E-state index < -0.39 is 11.7 Å². The van der Waals surface area contributed by atoms with E-state index in [4.69, 9.17) is 18.9 Å². The van der Waals surface area contributed by atoms with Gasteiger partial charge in [-0.15, -0.1) is 0 Å². The van der Waals surface area contributed by atoms with E-state index in [1.54, 1.807) is 18.2 Å². The number of nitrogens with one attached hydrogen (secondary N) is 1. The summed E-state index contributed by atoms with van der Waals surface area (Å²) in [7, 11) is 1.52. The molecule has 26 heavy (non-hydrogen) atoms. The van der Waals surface area contributed by atoms with E-state index >= 15 is 0 Å².